The van der Waals surface area contributed by atoms with Gasteiger partial charge in [0.15, 0.2) is 17.1 Å². The van der Waals surface area contributed by atoms with Crippen LogP contribution in [0.4, 0.5) is 11.4 Å². The number of methoxy groups -OCH3 is 1. The first-order chi connectivity index (χ1) is 17.9. The number of thioether (sulfide) groups is 1. The number of benzene rings is 3. The molecule has 10 heteroatoms. The molecule has 1 aromatic heterocycles. The van der Waals surface area contributed by atoms with Crippen LogP contribution in [0.2, 0.25) is 0 Å². The Hall–Kier alpha value is -4.31. The molecular weight excluding hydrogens is 490 g/mol. The lowest BCUT2D eigenvalue weighted by atomic mass is 10.3. The van der Waals surface area contributed by atoms with Crippen molar-refractivity contribution < 1.29 is 19.1 Å². The van der Waals surface area contributed by atoms with Gasteiger partial charge in [-0.3, -0.25) is 14.2 Å². The monoisotopic (exact) mass is 517 g/mol. The number of amides is 2. The fourth-order valence-electron chi connectivity index (χ4n) is 3.54. The molecule has 3 aromatic carbocycles. The van der Waals surface area contributed by atoms with Gasteiger partial charge in [0.05, 0.1) is 12.9 Å². The van der Waals surface area contributed by atoms with E-state index in [-0.39, 0.29) is 17.6 Å². The molecular formula is C27H27N5O4S. The zero-order chi connectivity index (χ0) is 26.2. The Morgan fingerprint density at radius 1 is 0.892 bits per heavy atom. The summed E-state index contributed by atoms with van der Waals surface area (Å²) in [4.78, 5) is 23.8. The number of rotatable bonds is 10. The zero-order valence-electron chi connectivity index (χ0n) is 20.7. The summed E-state index contributed by atoms with van der Waals surface area (Å²) in [5.41, 5.74) is 2.16. The number of aromatic nitrogens is 3. The van der Waals surface area contributed by atoms with Crippen molar-refractivity contribution in [2.75, 3.05) is 23.5 Å². The van der Waals surface area contributed by atoms with Gasteiger partial charge in [-0.05, 0) is 67.6 Å². The van der Waals surface area contributed by atoms with Crippen molar-refractivity contribution in [2.24, 2.45) is 0 Å². The van der Waals surface area contributed by atoms with E-state index in [1.165, 1.54) is 18.7 Å². The predicted octanol–water partition coefficient (Wildman–Crippen LogP) is 5.11. The van der Waals surface area contributed by atoms with E-state index in [0.29, 0.717) is 28.1 Å². The number of carbonyl (C=O) groups excluding carboxylic acids is 2. The second-order valence-corrected chi connectivity index (χ2v) is 8.99. The second-order valence-electron chi connectivity index (χ2n) is 8.04. The molecule has 1 unspecified atom stereocenters. The highest BCUT2D eigenvalue weighted by Gasteiger charge is 2.21. The number of para-hydroxylation sites is 1. The van der Waals surface area contributed by atoms with Gasteiger partial charge in [-0.1, -0.05) is 30.0 Å². The van der Waals surface area contributed by atoms with Crippen LogP contribution in [0.5, 0.6) is 11.5 Å². The quantitative estimate of drug-likeness (QED) is 0.282. The maximum Gasteiger partial charge on any atom is 0.234 e. The number of nitrogens with one attached hydrogen (secondary N) is 2. The lowest BCUT2D eigenvalue weighted by molar-refractivity contribution is -0.114. The first-order valence-electron chi connectivity index (χ1n) is 11.5. The lowest BCUT2D eigenvalue weighted by Crippen LogP contribution is -2.15. The Kier molecular flexibility index (Phi) is 8.42. The summed E-state index contributed by atoms with van der Waals surface area (Å²) in [6.07, 6.45) is -0.411. The van der Waals surface area contributed by atoms with Crippen molar-refractivity contribution in [3.63, 3.8) is 0 Å². The SMILES string of the molecule is COc1ccc(OC(C)c2nnc(SCC(=O)Nc3ccc(NC(C)=O)cc3)n2-c2ccccc2)cc1. The van der Waals surface area contributed by atoms with Crippen LogP contribution >= 0.6 is 11.8 Å². The number of hydrogen-bond acceptors (Lipinski definition) is 7. The van der Waals surface area contributed by atoms with E-state index < -0.39 is 6.10 Å². The summed E-state index contributed by atoms with van der Waals surface area (Å²) in [6, 6.07) is 24.0. The standard InChI is InChI=1S/C27H27N5O4S/c1-18(36-24-15-13-23(35-3)14-16-24)26-30-31-27(32(26)22-7-5-4-6-8-22)37-17-25(34)29-21-11-9-20(10-12-21)28-19(2)33/h4-16,18H,17H2,1-3H3,(H,28,33)(H,29,34). The average molecular weight is 518 g/mol. The van der Waals surface area contributed by atoms with Crippen LogP contribution in [0.15, 0.2) is 84.0 Å². The highest BCUT2D eigenvalue weighted by atomic mass is 32.2. The lowest BCUT2D eigenvalue weighted by Gasteiger charge is -2.17. The van der Waals surface area contributed by atoms with Gasteiger partial charge in [0, 0.05) is 24.0 Å². The third-order valence-corrected chi connectivity index (χ3v) is 6.16. The largest absolute Gasteiger partial charge is 0.497 e. The molecule has 1 atom stereocenters. The third-order valence-electron chi connectivity index (χ3n) is 5.23. The molecule has 0 aliphatic rings. The highest BCUT2D eigenvalue weighted by Crippen LogP contribution is 2.28. The molecule has 0 saturated heterocycles. The number of nitrogens with zero attached hydrogens (tertiary/aromatic N) is 3. The van der Waals surface area contributed by atoms with Gasteiger partial charge in [0.1, 0.15) is 11.5 Å². The molecule has 1 heterocycles. The van der Waals surface area contributed by atoms with Gasteiger partial charge in [0.25, 0.3) is 0 Å². The van der Waals surface area contributed by atoms with E-state index in [2.05, 4.69) is 20.8 Å². The minimum Gasteiger partial charge on any atom is -0.497 e. The molecule has 4 aromatic rings. The van der Waals surface area contributed by atoms with Crippen molar-refractivity contribution in [1.82, 2.24) is 14.8 Å². The zero-order valence-corrected chi connectivity index (χ0v) is 21.5. The molecule has 0 aliphatic heterocycles. The molecule has 0 spiro atoms. The fraction of sp³-hybridized carbons (Fsp3) is 0.185. The van der Waals surface area contributed by atoms with Crippen LogP contribution in [0.1, 0.15) is 25.8 Å². The van der Waals surface area contributed by atoms with Crippen molar-refractivity contribution in [3.05, 3.63) is 84.7 Å². The molecule has 0 aliphatic carbocycles. The predicted molar refractivity (Wildman–Crippen MR) is 143 cm³/mol. The normalized spacial score (nSPS) is 11.4. The van der Waals surface area contributed by atoms with Crippen LogP contribution in [0.25, 0.3) is 5.69 Å². The van der Waals surface area contributed by atoms with E-state index >= 15 is 0 Å². The highest BCUT2D eigenvalue weighted by molar-refractivity contribution is 7.99. The Balaban J connectivity index is 1.47. The molecule has 0 bridgehead atoms. The number of hydrogen-bond donors (Lipinski definition) is 2. The summed E-state index contributed by atoms with van der Waals surface area (Å²) < 4.78 is 13.2. The van der Waals surface area contributed by atoms with Crippen LogP contribution in [0.3, 0.4) is 0 Å². The fourth-order valence-corrected chi connectivity index (χ4v) is 4.30. The molecule has 2 amide bonds. The van der Waals surface area contributed by atoms with Crippen LogP contribution < -0.4 is 20.1 Å². The maximum absolute atomic E-state index is 12.6. The van der Waals surface area contributed by atoms with E-state index in [4.69, 9.17) is 9.47 Å². The molecule has 0 saturated carbocycles. The summed E-state index contributed by atoms with van der Waals surface area (Å²) >= 11 is 1.28. The Morgan fingerprint density at radius 3 is 2.14 bits per heavy atom. The molecule has 0 radical (unpaired) electrons. The summed E-state index contributed by atoms with van der Waals surface area (Å²) in [5.74, 6) is 1.81. The summed E-state index contributed by atoms with van der Waals surface area (Å²) in [6.45, 7) is 3.35. The van der Waals surface area contributed by atoms with Crippen LogP contribution in [0, 0.1) is 0 Å². The van der Waals surface area contributed by atoms with E-state index in [9.17, 15) is 9.59 Å². The third kappa shape index (κ3) is 6.89. The van der Waals surface area contributed by atoms with Crippen LogP contribution in [-0.4, -0.2) is 39.4 Å². The molecule has 37 heavy (non-hydrogen) atoms. The smallest absolute Gasteiger partial charge is 0.234 e. The number of ether oxygens (including phenoxy) is 2. The molecule has 0 fully saturated rings. The van der Waals surface area contributed by atoms with Gasteiger partial charge in [-0.25, -0.2) is 0 Å². The van der Waals surface area contributed by atoms with Crippen molar-refractivity contribution in [3.8, 4) is 17.2 Å². The second kappa shape index (κ2) is 12.1. The Bertz CT molecular complexity index is 1340. The van der Waals surface area contributed by atoms with E-state index in [0.717, 1.165) is 11.4 Å². The molecule has 2 N–H and O–H groups in total. The Morgan fingerprint density at radius 2 is 1.51 bits per heavy atom. The number of carbonyl (C=O) groups is 2. The van der Waals surface area contributed by atoms with Crippen LogP contribution in [-0.2, 0) is 9.59 Å². The van der Waals surface area contributed by atoms with E-state index in [1.807, 2.05) is 66.1 Å². The van der Waals surface area contributed by atoms with Gasteiger partial charge < -0.3 is 20.1 Å². The average Bonchev–Trinajstić information content (AvgIpc) is 3.33. The minimum atomic E-state index is -0.411. The topological polar surface area (TPSA) is 107 Å². The molecule has 4 rings (SSSR count). The van der Waals surface area contributed by atoms with Gasteiger partial charge in [0.2, 0.25) is 11.8 Å². The van der Waals surface area contributed by atoms with Gasteiger partial charge in [-0.15, -0.1) is 10.2 Å². The van der Waals surface area contributed by atoms with Crippen molar-refractivity contribution in [2.45, 2.75) is 25.1 Å². The number of anilines is 2. The Labute approximate surface area is 219 Å². The van der Waals surface area contributed by atoms with Gasteiger partial charge >= 0.3 is 0 Å². The van der Waals surface area contributed by atoms with E-state index in [1.54, 1.807) is 31.4 Å². The van der Waals surface area contributed by atoms with Crippen molar-refractivity contribution >= 4 is 35.0 Å². The summed E-state index contributed by atoms with van der Waals surface area (Å²) in [5, 5.41) is 14.9. The minimum absolute atomic E-state index is 0.131. The molecule has 190 valence electrons. The summed E-state index contributed by atoms with van der Waals surface area (Å²) in [7, 11) is 1.62. The maximum atomic E-state index is 12.6. The first kappa shape index (κ1) is 25.8. The molecule has 9 nitrogen and oxygen atoms in total. The first-order valence-corrected chi connectivity index (χ1v) is 12.5. The van der Waals surface area contributed by atoms with Gasteiger partial charge in [-0.2, -0.15) is 0 Å². The van der Waals surface area contributed by atoms with Crippen molar-refractivity contribution in [1.29, 1.82) is 0 Å².